The lowest BCUT2D eigenvalue weighted by atomic mass is 9.72. The molecule has 4 atom stereocenters. The van der Waals surface area contributed by atoms with Crippen LogP contribution >= 0.6 is 0 Å². The monoisotopic (exact) mass is 190 g/mol. The summed E-state index contributed by atoms with van der Waals surface area (Å²) < 4.78 is 0. The average molecular weight is 190 g/mol. The van der Waals surface area contributed by atoms with Gasteiger partial charge in [0.05, 0.1) is 0 Å². The molecule has 0 nitrogen and oxygen atoms in total. The van der Waals surface area contributed by atoms with Crippen molar-refractivity contribution < 1.29 is 0 Å². The molecule has 14 heavy (non-hydrogen) atoms. The molecule has 4 unspecified atom stereocenters. The highest BCUT2D eigenvalue weighted by atomic mass is 14.5. The maximum Gasteiger partial charge on any atom is -0.0292 e. The first-order chi connectivity index (χ1) is 6.84. The zero-order valence-corrected chi connectivity index (χ0v) is 9.17. The van der Waals surface area contributed by atoms with E-state index in [1.807, 2.05) is 0 Å². The molecule has 0 aromatic heterocycles. The van der Waals surface area contributed by atoms with Crippen molar-refractivity contribution in [2.24, 2.45) is 23.7 Å². The first-order valence-corrected chi connectivity index (χ1v) is 6.51. The zero-order chi connectivity index (χ0) is 9.54. The Bertz CT molecular complexity index is 240. The number of hydrogen-bond donors (Lipinski definition) is 0. The lowest BCUT2D eigenvalue weighted by Crippen LogP contribution is -2.23. The number of hydrogen-bond acceptors (Lipinski definition) is 0. The molecule has 3 rings (SSSR count). The van der Waals surface area contributed by atoms with E-state index in [1.54, 1.807) is 24.8 Å². The lowest BCUT2D eigenvalue weighted by molar-refractivity contribution is 0.198. The highest BCUT2D eigenvalue weighted by Gasteiger charge is 2.44. The second-order valence-corrected chi connectivity index (χ2v) is 5.86. The van der Waals surface area contributed by atoms with Crippen LogP contribution in [0.1, 0.15) is 51.4 Å². The minimum absolute atomic E-state index is 1.05. The molecule has 3 fully saturated rings. The molecule has 0 N–H and O–H groups in total. The Kier molecular flexibility index (Phi) is 2.18. The summed E-state index contributed by atoms with van der Waals surface area (Å²) >= 11 is 0. The molecule has 0 saturated heterocycles. The molecule has 0 heteroatoms. The predicted octanol–water partition coefficient (Wildman–Crippen LogP) is 4.17. The van der Waals surface area contributed by atoms with Crippen molar-refractivity contribution in [3.8, 4) is 0 Å². The minimum atomic E-state index is 1.05. The normalized spacial score (nSPS) is 47.3. The van der Waals surface area contributed by atoms with Crippen LogP contribution in [0.4, 0.5) is 0 Å². The van der Waals surface area contributed by atoms with Crippen molar-refractivity contribution in [2.45, 2.75) is 51.4 Å². The van der Waals surface area contributed by atoms with Crippen LogP contribution in [0, 0.1) is 23.7 Å². The van der Waals surface area contributed by atoms with Crippen LogP contribution in [0.25, 0.3) is 0 Å². The Morgan fingerprint density at radius 1 is 0.929 bits per heavy atom. The molecule has 0 aromatic rings. The maximum atomic E-state index is 4.19. The molecule has 0 amide bonds. The molecule has 3 aliphatic carbocycles. The minimum Gasteiger partial charge on any atom is -0.0999 e. The third-order valence-electron chi connectivity index (χ3n) is 5.11. The van der Waals surface area contributed by atoms with Gasteiger partial charge in [0, 0.05) is 0 Å². The maximum absolute atomic E-state index is 4.19. The third kappa shape index (κ3) is 1.34. The van der Waals surface area contributed by atoms with Crippen LogP contribution in [0.15, 0.2) is 12.2 Å². The van der Waals surface area contributed by atoms with Crippen LogP contribution in [0.2, 0.25) is 0 Å². The highest BCUT2D eigenvalue weighted by molar-refractivity contribution is 5.06. The van der Waals surface area contributed by atoms with Crippen molar-refractivity contribution >= 4 is 0 Å². The molecular weight excluding hydrogens is 168 g/mol. The summed E-state index contributed by atoms with van der Waals surface area (Å²) in [5.74, 6) is 4.39. The molecule has 3 aliphatic rings. The third-order valence-corrected chi connectivity index (χ3v) is 5.11. The van der Waals surface area contributed by atoms with Crippen molar-refractivity contribution in [2.75, 3.05) is 0 Å². The highest BCUT2D eigenvalue weighted by Crippen LogP contribution is 2.54. The van der Waals surface area contributed by atoms with Crippen molar-refractivity contribution in [1.29, 1.82) is 0 Å². The van der Waals surface area contributed by atoms with Gasteiger partial charge in [-0.05, 0) is 55.8 Å². The Balaban J connectivity index is 1.77. The fourth-order valence-electron chi connectivity index (χ4n) is 4.53. The molecule has 78 valence electrons. The summed E-state index contributed by atoms with van der Waals surface area (Å²) in [4.78, 5) is 0. The van der Waals surface area contributed by atoms with E-state index in [4.69, 9.17) is 0 Å². The van der Waals surface area contributed by atoms with Gasteiger partial charge in [-0.25, -0.2) is 0 Å². The van der Waals surface area contributed by atoms with E-state index in [-0.39, 0.29) is 0 Å². The van der Waals surface area contributed by atoms with Crippen LogP contribution in [-0.2, 0) is 0 Å². The SMILES string of the molecule is C=C1CCC2C(C1)CC1CCCCC12. The van der Waals surface area contributed by atoms with E-state index in [1.165, 1.54) is 32.1 Å². The van der Waals surface area contributed by atoms with Gasteiger partial charge in [0.2, 0.25) is 0 Å². The molecule has 0 bridgehead atoms. The van der Waals surface area contributed by atoms with Crippen LogP contribution in [0.5, 0.6) is 0 Å². The van der Waals surface area contributed by atoms with Gasteiger partial charge in [0.25, 0.3) is 0 Å². The van der Waals surface area contributed by atoms with Crippen LogP contribution in [-0.4, -0.2) is 0 Å². The second kappa shape index (κ2) is 3.40. The zero-order valence-electron chi connectivity index (χ0n) is 9.17. The summed E-state index contributed by atoms with van der Waals surface area (Å²) in [6.07, 6.45) is 11.9. The van der Waals surface area contributed by atoms with Gasteiger partial charge < -0.3 is 0 Å². The molecule has 0 heterocycles. The topological polar surface area (TPSA) is 0 Å². The largest absolute Gasteiger partial charge is 0.0999 e. The van der Waals surface area contributed by atoms with Crippen LogP contribution in [0.3, 0.4) is 0 Å². The lowest BCUT2D eigenvalue weighted by Gasteiger charge is -2.33. The molecule has 0 aromatic carbocycles. The summed E-state index contributed by atoms with van der Waals surface area (Å²) in [7, 11) is 0. The number of rotatable bonds is 0. The van der Waals surface area contributed by atoms with E-state index in [0.29, 0.717) is 0 Å². The molecule has 3 saturated carbocycles. The van der Waals surface area contributed by atoms with E-state index in [9.17, 15) is 0 Å². The Hall–Kier alpha value is -0.260. The van der Waals surface area contributed by atoms with E-state index >= 15 is 0 Å². The fraction of sp³-hybridized carbons (Fsp3) is 0.857. The Morgan fingerprint density at radius 3 is 2.64 bits per heavy atom. The number of allylic oxidation sites excluding steroid dienone is 1. The van der Waals surface area contributed by atoms with Crippen LogP contribution < -0.4 is 0 Å². The van der Waals surface area contributed by atoms with E-state index < -0.39 is 0 Å². The molecular formula is C14H22. The fourth-order valence-corrected chi connectivity index (χ4v) is 4.53. The summed E-state index contributed by atoms with van der Waals surface area (Å²) in [5, 5.41) is 0. The van der Waals surface area contributed by atoms with Gasteiger partial charge in [-0.2, -0.15) is 0 Å². The van der Waals surface area contributed by atoms with Gasteiger partial charge >= 0.3 is 0 Å². The van der Waals surface area contributed by atoms with E-state index in [0.717, 1.165) is 23.7 Å². The smallest absolute Gasteiger partial charge is 0.0292 e. The van der Waals surface area contributed by atoms with Crippen molar-refractivity contribution in [1.82, 2.24) is 0 Å². The number of fused-ring (bicyclic) bond motifs is 3. The average Bonchev–Trinajstić information content (AvgIpc) is 2.54. The van der Waals surface area contributed by atoms with Crippen molar-refractivity contribution in [3.05, 3.63) is 12.2 Å². The molecule has 0 spiro atoms. The Morgan fingerprint density at radius 2 is 1.71 bits per heavy atom. The summed E-state index contributed by atoms with van der Waals surface area (Å²) in [5.41, 5.74) is 1.55. The van der Waals surface area contributed by atoms with Gasteiger partial charge in [0.15, 0.2) is 0 Å². The second-order valence-electron chi connectivity index (χ2n) is 5.86. The molecule has 0 radical (unpaired) electrons. The van der Waals surface area contributed by atoms with Gasteiger partial charge in [-0.15, -0.1) is 0 Å². The van der Waals surface area contributed by atoms with Gasteiger partial charge in [-0.3, -0.25) is 0 Å². The Labute approximate surface area is 87.8 Å². The molecule has 0 aliphatic heterocycles. The van der Waals surface area contributed by atoms with E-state index in [2.05, 4.69) is 6.58 Å². The standard InChI is InChI=1S/C14H22/c1-10-6-7-14-12(8-10)9-11-4-2-3-5-13(11)14/h11-14H,1-9H2. The van der Waals surface area contributed by atoms with Crippen molar-refractivity contribution in [3.63, 3.8) is 0 Å². The summed E-state index contributed by atoms with van der Waals surface area (Å²) in [6, 6.07) is 0. The van der Waals surface area contributed by atoms with Gasteiger partial charge in [-0.1, -0.05) is 31.4 Å². The first-order valence-electron chi connectivity index (χ1n) is 6.51. The summed E-state index contributed by atoms with van der Waals surface area (Å²) in [6.45, 7) is 4.19. The first kappa shape index (κ1) is 9.00. The van der Waals surface area contributed by atoms with Gasteiger partial charge in [0.1, 0.15) is 0 Å². The quantitative estimate of drug-likeness (QED) is 0.503. The predicted molar refractivity (Wildman–Crippen MR) is 60.0 cm³/mol.